The summed E-state index contributed by atoms with van der Waals surface area (Å²) in [5, 5.41) is 0. The number of hydrogen-bond donors (Lipinski definition) is 0. The van der Waals surface area contributed by atoms with Gasteiger partial charge in [0.1, 0.15) is 12.2 Å². The van der Waals surface area contributed by atoms with Crippen LogP contribution in [0.2, 0.25) is 0 Å². The van der Waals surface area contributed by atoms with Gasteiger partial charge >= 0.3 is 0 Å². The predicted octanol–water partition coefficient (Wildman–Crippen LogP) is 5.16. The topological polar surface area (TPSA) is 36.9 Å². The molecule has 1 saturated heterocycles. The fourth-order valence-electron chi connectivity index (χ4n) is 4.40. The molecule has 0 radical (unpaired) electrons. The molecule has 3 aromatic carbocycles. The maximum absolute atomic E-state index is 6.46. The highest BCUT2D eigenvalue weighted by atomic mass is 16.6. The van der Waals surface area contributed by atoms with Crippen molar-refractivity contribution in [3.8, 4) is 0 Å². The summed E-state index contributed by atoms with van der Waals surface area (Å²) in [7, 11) is 0. The fraction of sp³-hybridized carbons (Fsp3) is 0.357. The van der Waals surface area contributed by atoms with E-state index in [1.54, 1.807) is 0 Å². The molecule has 3 aromatic rings. The normalized spacial score (nSPS) is 26.4. The highest BCUT2D eigenvalue weighted by Crippen LogP contribution is 2.46. The Bertz CT molecular complexity index is 947. The molecule has 4 heteroatoms. The third-order valence-corrected chi connectivity index (χ3v) is 6.20. The van der Waals surface area contributed by atoms with Crippen LogP contribution in [0.25, 0.3) is 0 Å². The molecular weight excluding hydrogens is 400 g/mol. The summed E-state index contributed by atoms with van der Waals surface area (Å²) in [6.07, 6.45) is 0.964. The van der Waals surface area contributed by atoms with Crippen molar-refractivity contribution in [1.29, 1.82) is 0 Å². The summed E-state index contributed by atoms with van der Waals surface area (Å²) >= 11 is 0. The van der Waals surface area contributed by atoms with E-state index in [1.807, 2.05) is 54.6 Å². The van der Waals surface area contributed by atoms with Crippen LogP contribution in [0.4, 0.5) is 0 Å². The van der Waals surface area contributed by atoms with Crippen LogP contribution in [0.15, 0.2) is 91.0 Å². The lowest BCUT2D eigenvalue weighted by Crippen LogP contribution is -2.50. The second-order valence-electron chi connectivity index (χ2n) is 8.64. The van der Waals surface area contributed by atoms with Gasteiger partial charge in [-0.1, -0.05) is 91.0 Å². The van der Waals surface area contributed by atoms with E-state index >= 15 is 0 Å². The number of ether oxygens (including phenoxy) is 4. The van der Waals surface area contributed by atoms with Crippen LogP contribution in [-0.4, -0.2) is 31.0 Å². The smallest absolute Gasteiger partial charge is 0.113 e. The first kappa shape index (κ1) is 21.4. The molecule has 1 saturated carbocycles. The van der Waals surface area contributed by atoms with Crippen LogP contribution >= 0.6 is 0 Å². The standard InChI is InChI=1S/C28H30O4/c1-4-10-21(11-5-1)17-29-20-26-28(31-19-23-14-8-3-9-15-23)27(24-16-25(24)32-26)30-18-22-12-6-2-7-13-22/h1-15,24-28H,16-20H2/t24-,25+,26+,27+,28-/m0/s1. The second kappa shape index (κ2) is 10.4. The first-order chi connectivity index (χ1) is 15.9. The summed E-state index contributed by atoms with van der Waals surface area (Å²) in [4.78, 5) is 0. The summed E-state index contributed by atoms with van der Waals surface area (Å²) in [5.41, 5.74) is 3.48. The van der Waals surface area contributed by atoms with Gasteiger partial charge in [-0.2, -0.15) is 0 Å². The van der Waals surface area contributed by atoms with E-state index in [-0.39, 0.29) is 24.4 Å². The molecule has 0 N–H and O–H groups in total. The van der Waals surface area contributed by atoms with Gasteiger partial charge < -0.3 is 18.9 Å². The van der Waals surface area contributed by atoms with E-state index in [4.69, 9.17) is 18.9 Å². The van der Waals surface area contributed by atoms with E-state index in [0.717, 1.165) is 17.5 Å². The second-order valence-corrected chi connectivity index (χ2v) is 8.64. The number of benzene rings is 3. The minimum Gasteiger partial charge on any atom is -0.374 e. The van der Waals surface area contributed by atoms with Crippen LogP contribution in [0.5, 0.6) is 0 Å². The van der Waals surface area contributed by atoms with Crippen molar-refractivity contribution in [2.75, 3.05) is 6.61 Å². The van der Waals surface area contributed by atoms with Gasteiger partial charge in [0.25, 0.3) is 0 Å². The molecular formula is C28H30O4. The van der Waals surface area contributed by atoms with Gasteiger partial charge in [0, 0.05) is 5.92 Å². The summed E-state index contributed by atoms with van der Waals surface area (Å²) in [6.45, 7) is 2.17. The molecule has 0 spiro atoms. The van der Waals surface area contributed by atoms with E-state index in [0.29, 0.717) is 32.3 Å². The summed E-state index contributed by atoms with van der Waals surface area (Å²) < 4.78 is 25.3. The van der Waals surface area contributed by atoms with E-state index in [9.17, 15) is 0 Å². The Kier molecular flexibility index (Phi) is 6.95. The summed E-state index contributed by atoms with van der Waals surface area (Å²) in [6, 6.07) is 30.8. The molecule has 2 aliphatic rings. The Balaban J connectivity index is 1.26. The van der Waals surface area contributed by atoms with Crippen molar-refractivity contribution in [2.24, 2.45) is 5.92 Å². The number of fused-ring (bicyclic) bond motifs is 1. The van der Waals surface area contributed by atoms with Gasteiger partial charge in [0.05, 0.1) is 38.6 Å². The molecule has 0 aromatic heterocycles. The number of hydrogen-bond acceptors (Lipinski definition) is 4. The van der Waals surface area contributed by atoms with Crippen molar-refractivity contribution in [1.82, 2.24) is 0 Å². The Labute approximate surface area is 190 Å². The molecule has 0 amide bonds. The average molecular weight is 431 g/mol. The number of rotatable bonds is 10. The zero-order valence-electron chi connectivity index (χ0n) is 18.2. The first-order valence-electron chi connectivity index (χ1n) is 11.4. The maximum Gasteiger partial charge on any atom is 0.113 e. The Morgan fingerprint density at radius 2 is 1.12 bits per heavy atom. The lowest BCUT2D eigenvalue weighted by atomic mass is 10.0. The van der Waals surface area contributed by atoms with Crippen molar-refractivity contribution >= 4 is 0 Å². The van der Waals surface area contributed by atoms with Crippen molar-refractivity contribution in [3.05, 3.63) is 108 Å². The first-order valence-corrected chi connectivity index (χ1v) is 11.4. The van der Waals surface area contributed by atoms with Gasteiger partial charge in [-0.05, 0) is 23.1 Å². The third-order valence-electron chi connectivity index (χ3n) is 6.20. The molecule has 1 aliphatic heterocycles. The predicted molar refractivity (Wildman–Crippen MR) is 123 cm³/mol. The van der Waals surface area contributed by atoms with Crippen molar-refractivity contribution < 1.29 is 18.9 Å². The van der Waals surface area contributed by atoms with E-state index in [1.165, 1.54) is 5.56 Å². The zero-order chi connectivity index (χ0) is 21.6. The third kappa shape index (κ3) is 5.45. The molecule has 2 fully saturated rings. The fourth-order valence-corrected chi connectivity index (χ4v) is 4.40. The Hall–Kier alpha value is -2.50. The Morgan fingerprint density at radius 3 is 1.69 bits per heavy atom. The van der Waals surface area contributed by atoms with Gasteiger partial charge in [-0.15, -0.1) is 0 Å². The largest absolute Gasteiger partial charge is 0.374 e. The van der Waals surface area contributed by atoms with Gasteiger partial charge in [-0.3, -0.25) is 0 Å². The van der Waals surface area contributed by atoms with Crippen LogP contribution in [-0.2, 0) is 38.8 Å². The minimum atomic E-state index is -0.168. The molecule has 32 heavy (non-hydrogen) atoms. The average Bonchev–Trinajstić information content (AvgIpc) is 3.63. The molecule has 4 nitrogen and oxygen atoms in total. The SMILES string of the molecule is c1ccc(COC[C@H]2O[C@@H]3C[C@@H]3[C@@H](OCc3ccccc3)[C@H]2OCc2ccccc2)cc1. The van der Waals surface area contributed by atoms with Gasteiger partial charge in [0.2, 0.25) is 0 Å². The van der Waals surface area contributed by atoms with Crippen molar-refractivity contribution in [3.63, 3.8) is 0 Å². The minimum absolute atomic E-state index is 0.00277. The summed E-state index contributed by atoms with van der Waals surface area (Å²) in [5.74, 6) is 0.393. The molecule has 1 aliphatic carbocycles. The van der Waals surface area contributed by atoms with Crippen LogP contribution in [0, 0.1) is 5.92 Å². The quantitative estimate of drug-likeness (QED) is 0.445. The highest BCUT2D eigenvalue weighted by Gasteiger charge is 2.56. The molecule has 5 rings (SSSR count). The molecule has 166 valence electrons. The van der Waals surface area contributed by atoms with Gasteiger partial charge in [-0.25, -0.2) is 0 Å². The van der Waals surface area contributed by atoms with Crippen molar-refractivity contribution in [2.45, 2.75) is 50.7 Å². The van der Waals surface area contributed by atoms with Crippen LogP contribution in [0.3, 0.4) is 0 Å². The molecule has 0 unspecified atom stereocenters. The van der Waals surface area contributed by atoms with Crippen LogP contribution in [0.1, 0.15) is 23.1 Å². The molecule has 5 atom stereocenters. The lowest BCUT2D eigenvalue weighted by molar-refractivity contribution is -0.201. The molecule has 0 bridgehead atoms. The monoisotopic (exact) mass is 430 g/mol. The maximum atomic E-state index is 6.46. The van der Waals surface area contributed by atoms with E-state index < -0.39 is 0 Å². The van der Waals surface area contributed by atoms with Gasteiger partial charge in [0.15, 0.2) is 0 Å². The molecule has 1 heterocycles. The highest BCUT2D eigenvalue weighted by molar-refractivity contribution is 5.16. The lowest BCUT2D eigenvalue weighted by Gasteiger charge is -2.37. The van der Waals surface area contributed by atoms with E-state index in [2.05, 4.69) is 36.4 Å². The zero-order valence-corrected chi connectivity index (χ0v) is 18.2. The van der Waals surface area contributed by atoms with Crippen LogP contribution < -0.4 is 0 Å². The Morgan fingerprint density at radius 1 is 0.625 bits per heavy atom.